The number of rotatable bonds is 9. The van der Waals surface area contributed by atoms with Gasteiger partial charge in [-0.3, -0.25) is 9.59 Å². The van der Waals surface area contributed by atoms with Crippen LogP contribution in [0.2, 0.25) is 0 Å². The van der Waals surface area contributed by atoms with Crippen LogP contribution in [0.1, 0.15) is 55.2 Å². The van der Waals surface area contributed by atoms with Crippen LogP contribution in [0.3, 0.4) is 0 Å². The van der Waals surface area contributed by atoms with Crippen LogP contribution < -0.4 is 20.3 Å². The molecule has 0 aliphatic rings. The number of methoxy groups -OCH3 is 1. The van der Waals surface area contributed by atoms with Gasteiger partial charge in [0.25, 0.3) is 11.5 Å². The fraction of sp³-hybridized carbons (Fsp3) is 0.348. The minimum Gasteiger partial charge on any atom is -0.493 e. The summed E-state index contributed by atoms with van der Waals surface area (Å²) in [7, 11) is 1.59. The van der Waals surface area contributed by atoms with Gasteiger partial charge in [0, 0.05) is 5.39 Å². The third-order valence-electron chi connectivity index (χ3n) is 4.95. The number of carbonyl (C=O) groups is 1. The molecule has 0 saturated carbocycles. The minimum absolute atomic E-state index is 0.180. The van der Waals surface area contributed by atoms with Crippen LogP contribution in [0.5, 0.6) is 11.5 Å². The molecule has 0 spiro atoms. The lowest BCUT2D eigenvalue weighted by Gasteiger charge is -2.17. The molecule has 1 unspecified atom stereocenters. The molecule has 1 heterocycles. The zero-order valence-corrected chi connectivity index (χ0v) is 17.5. The van der Waals surface area contributed by atoms with Crippen molar-refractivity contribution in [3.05, 3.63) is 64.1 Å². The predicted octanol–water partition coefficient (Wildman–Crippen LogP) is 3.99. The van der Waals surface area contributed by atoms with Crippen LogP contribution in [0.4, 0.5) is 0 Å². The standard InChI is InChI=1S/C23H27N3O4/c1-4-5-8-13-30-19-12-11-16(14-20(19)29-3)15(2)24-23(28)21-17-9-6-7-10-18(17)22(27)26-25-21/h6-7,9-12,14-15H,4-5,8,13H2,1-3H3,(H,24,28)(H,26,27). The van der Waals surface area contributed by atoms with Crippen LogP contribution in [0.25, 0.3) is 10.8 Å². The fourth-order valence-corrected chi connectivity index (χ4v) is 3.24. The quantitative estimate of drug-likeness (QED) is 0.521. The average Bonchev–Trinajstić information content (AvgIpc) is 2.77. The van der Waals surface area contributed by atoms with E-state index in [1.54, 1.807) is 31.4 Å². The van der Waals surface area contributed by atoms with Crippen molar-refractivity contribution in [2.75, 3.05) is 13.7 Å². The first kappa shape index (κ1) is 21.4. The van der Waals surface area contributed by atoms with Crippen molar-refractivity contribution in [1.82, 2.24) is 15.5 Å². The molecule has 7 heteroatoms. The molecule has 2 N–H and O–H groups in total. The normalized spacial score (nSPS) is 11.8. The van der Waals surface area contributed by atoms with Crippen LogP contribution in [-0.4, -0.2) is 29.8 Å². The molecule has 0 fully saturated rings. The summed E-state index contributed by atoms with van der Waals surface area (Å²) in [6.07, 6.45) is 3.25. The van der Waals surface area contributed by atoms with Crippen molar-refractivity contribution in [3.63, 3.8) is 0 Å². The number of amides is 1. The van der Waals surface area contributed by atoms with Gasteiger partial charge >= 0.3 is 0 Å². The first-order valence-electron chi connectivity index (χ1n) is 10.1. The molecular formula is C23H27N3O4. The van der Waals surface area contributed by atoms with Crippen molar-refractivity contribution in [1.29, 1.82) is 0 Å². The lowest BCUT2D eigenvalue weighted by atomic mass is 10.1. The molecule has 1 atom stereocenters. The fourth-order valence-electron chi connectivity index (χ4n) is 3.24. The molecule has 0 aliphatic heterocycles. The van der Waals surface area contributed by atoms with Gasteiger partial charge in [-0.25, -0.2) is 5.10 Å². The molecule has 0 radical (unpaired) electrons. The number of benzene rings is 2. The average molecular weight is 409 g/mol. The van der Waals surface area contributed by atoms with Crippen LogP contribution in [0, 0.1) is 0 Å². The monoisotopic (exact) mass is 409 g/mol. The molecule has 1 aromatic heterocycles. The number of fused-ring (bicyclic) bond motifs is 1. The van der Waals surface area contributed by atoms with Crippen LogP contribution >= 0.6 is 0 Å². The smallest absolute Gasteiger partial charge is 0.272 e. The minimum atomic E-state index is -0.367. The lowest BCUT2D eigenvalue weighted by Crippen LogP contribution is -2.29. The lowest BCUT2D eigenvalue weighted by molar-refractivity contribution is 0.0935. The van der Waals surface area contributed by atoms with Gasteiger partial charge in [0.1, 0.15) is 0 Å². The van der Waals surface area contributed by atoms with E-state index in [0.29, 0.717) is 28.9 Å². The number of hydrogen-bond acceptors (Lipinski definition) is 5. The van der Waals surface area contributed by atoms with Crippen molar-refractivity contribution < 1.29 is 14.3 Å². The Kier molecular flexibility index (Phi) is 7.06. The number of aromatic nitrogens is 2. The zero-order chi connectivity index (χ0) is 21.5. The van der Waals surface area contributed by atoms with E-state index in [-0.39, 0.29) is 23.2 Å². The van der Waals surface area contributed by atoms with E-state index >= 15 is 0 Å². The third kappa shape index (κ3) is 4.79. The second-order valence-corrected chi connectivity index (χ2v) is 7.11. The molecule has 0 bridgehead atoms. The summed E-state index contributed by atoms with van der Waals surface area (Å²) in [4.78, 5) is 24.8. The van der Waals surface area contributed by atoms with Gasteiger partial charge in [-0.05, 0) is 37.1 Å². The maximum Gasteiger partial charge on any atom is 0.272 e. The largest absolute Gasteiger partial charge is 0.493 e. The van der Waals surface area contributed by atoms with E-state index in [0.717, 1.165) is 24.8 Å². The van der Waals surface area contributed by atoms with E-state index < -0.39 is 0 Å². The summed E-state index contributed by atoms with van der Waals surface area (Å²) in [5.41, 5.74) is 0.726. The summed E-state index contributed by atoms with van der Waals surface area (Å²) in [6.45, 7) is 4.67. The number of H-pyrrole nitrogens is 1. The molecule has 3 aromatic rings. The van der Waals surface area contributed by atoms with Gasteiger partial charge in [-0.2, -0.15) is 5.10 Å². The summed E-state index contributed by atoms with van der Waals surface area (Å²) >= 11 is 0. The Morgan fingerprint density at radius 1 is 1.13 bits per heavy atom. The first-order valence-corrected chi connectivity index (χ1v) is 10.1. The van der Waals surface area contributed by atoms with E-state index in [1.807, 2.05) is 25.1 Å². The molecule has 2 aromatic carbocycles. The van der Waals surface area contributed by atoms with E-state index in [1.165, 1.54) is 0 Å². The van der Waals surface area contributed by atoms with Gasteiger partial charge in [0.15, 0.2) is 17.2 Å². The van der Waals surface area contributed by atoms with Crippen LogP contribution in [-0.2, 0) is 0 Å². The zero-order valence-electron chi connectivity index (χ0n) is 17.5. The number of ether oxygens (including phenoxy) is 2. The SMILES string of the molecule is CCCCCOc1ccc(C(C)NC(=O)c2n[nH]c(=O)c3ccccc23)cc1OC. The number of aromatic amines is 1. The van der Waals surface area contributed by atoms with Gasteiger partial charge < -0.3 is 14.8 Å². The van der Waals surface area contributed by atoms with Crippen molar-refractivity contribution in [2.45, 2.75) is 39.2 Å². The Morgan fingerprint density at radius 3 is 2.63 bits per heavy atom. The molecule has 3 rings (SSSR count). The molecule has 1 amide bonds. The maximum absolute atomic E-state index is 12.8. The number of unbranched alkanes of at least 4 members (excludes halogenated alkanes) is 2. The highest BCUT2D eigenvalue weighted by Crippen LogP contribution is 2.30. The second kappa shape index (κ2) is 9.91. The van der Waals surface area contributed by atoms with Crippen molar-refractivity contribution >= 4 is 16.7 Å². The molecular weight excluding hydrogens is 382 g/mol. The van der Waals surface area contributed by atoms with Gasteiger partial charge in [-0.1, -0.05) is 44.0 Å². The van der Waals surface area contributed by atoms with Crippen LogP contribution in [0.15, 0.2) is 47.3 Å². The number of nitrogens with zero attached hydrogens (tertiary/aromatic N) is 1. The molecule has 7 nitrogen and oxygen atoms in total. The predicted molar refractivity (Wildman–Crippen MR) is 116 cm³/mol. The topological polar surface area (TPSA) is 93.3 Å². The number of nitrogens with one attached hydrogen (secondary N) is 2. The molecule has 0 saturated heterocycles. The molecule has 30 heavy (non-hydrogen) atoms. The number of carbonyl (C=O) groups excluding carboxylic acids is 1. The maximum atomic E-state index is 12.8. The highest BCUT2D eigenvalue weighted by Gasteiger charge is 2.18. The highest BCUT2D eigenvalue weighted by atomic mass is 16.5. The summed E-state index contributed by atoms with van der Waals surface area (Å²) < 4.78 is 11.3. The molecule has 0 aliphatic carbocycles. The van der Waals surface area contributed by atoms with E-state index in [2.05, 4.69) is 22.4 Å². The Labute approximate surface area is 175 Å². The van der Waals surface area contributed by atoms with E-state index in [4.69, 9.17) is 9.47 Å². The summed E-state index contributed by atoms with van der Waals surface area (Å²) in [6, 6.07) is 12.2. The number of hydrogen-bond donors (Lipinski definition) is 2. The highest BCUT2D eigenvalue weighted by molar-refractivity contribution is 6.04. The third-order valence-corrected chi connectivity index (χ3v) is 4.95. The summed E-state index contributed by atoms with van der Waals surface area (Å²) in [5, 5.41) is 10.2. The Hall–Kier alpha value is -3.35. The second-order valence-electron chi connectivity index (χ2n) is 7.11. The van der Waals surface area contributed by atoms with Crippen molar-refractivity contribution in [3.8, 4) is 11.5 Å². The Morgan fingerprint density at radius 2 is 1.90 bits per heavy atom. The van der Waals surface area contributed by atoms with E-state index in [9.17, 15) is 9.59 Å². The molecule has 158 valence electrons. The Balaban J connectivity index is 1.76. The summed E-state index contributed by atoms with van der Waals surface area (Å²) in [5.74, 6) is 0.940. The Bertz CT molecular complexity index is 1080. The van der Waals surface area contributed by atoms with Gasteiger partial charge in [0.05, 0.1) is 25.1 Å². The van der Waals surface area contributed by atoms with Gasteiger partial charge in [-0.15, -0.1) is 0 Å². The first-order chi connectivity index (χ1) is 14.5. The van der Waals surface area contributed by atoms with Crippen molar-refractivity contribution in [2.24, 2.45) is 0 Å². The van der Waals surface area contributed by atoms with Gasteiger partial charge in [0.2, 0.25) is 0 Å².